The minimum absolute atomic E-state index is 0.00298. The molecule has 0 radical (unpaired) electrons. The molecule has 10 heteroatoms. The van der Waals surface area contributed by atoms with Crippen LogP contribution in [0.3, 0.4) is 0 Å². The molecule has 0 aliphatic heterocycles. The molecule has 0 aliphatic carbocycles. The number of hydrogen-bond donors (Lipinski definition) is 0. The summed E-state index contributed by atoms with van der Waals surface area (Å²) in [4.78, 5) is 12.3. The Balaban J connectivity index is 1.67. The summed E-state index contributed by atoms with van der Waals surface area (Å²) >= 11 is 0.969. The van der Waals surface area contributed by atoms with E-state index in [1.165, 1.54) is 43.5 Å². The standard InChI is InChI=1S/C18H13F3N2O4S/c1-25-15-8-10(6-7-14(15)26-17(20)21)13(24)9-28-18-23-22-16(27-18)11-4-2-3-5-12(11)19/h2-8,17H,9H2,1H3. The van der Waals surface area contributed by atoms with Crippen LogP contribution >= 0.6 is 11.8 Å². The molecule has 1 aromatic heterocycles. The van der Waals surface area contributed by atoms with Gasteiger partial charge in [0.1, 0.15) is 5.82 Å². The van der Waals surface area contributed by atoms with E-state index >= 15 is 0 Å². The zero-order chi connectivity index (χ0) is 20.1. The molecule has 146 valence electrons. The molecule has 1 heterocycles. The SMILES string of the molecule is COc1cc(C(=O)CSc2nnc(-c3ccccc3F)o2)ccc1OC(F)F. The molecule has 0 bridgehead atoms. The number of thioether (sulfide) groups is 1. The normalized spacial score (nSPS) is 10.9. The summed E-state index contributed by atoms with van der Waals surface area (Å²) in [7, 11) is 1.28. The molecule has 0 N–H and O–H groups in total. The van der Waals surface area contributed by atoms with Crippen LogP contribution < -0.4 is 9.47 Å². The van der Waals surface area contributed by atoms with Gasteiger partial charge in [-0.15, -0.1) is 10.2 Å². The molecule has 3 rings (SSSR count). The molecule has 0 saturated carbocycles. The van der Waals surface area contributed by atoms with Crippen molar-refractivity contribution in [2.45, 2.75) is 11.8 Å². The van der Waals surface area contributed by atoms with Gasteiger partial charge in [0.05, 0.1) is 18.4 Å². The number of carbonyl (C=O) groups is 1. The lowest BCUT2D eigenvalue weighted by Crippen LogP contribution is -2.06. The van der Waals surface area contributed by atoms with Crippen LogP contribution in [-0.2, 0) is 0 Å². The van der Waals surface area contributed by atoms with Crippen LogP contribution in [0.2, 0.25) is 0 Å². The van der Waals surface area contributed by atoms with Crippen LogP contribution in [0, 0.1) is 5.82 Å². The first-order chi connectivity index (χ1) is 13.5. The van der Waals surface area contributed by atoms with Gasteiger partial charge in [-0.2, -0.15) is 8.78 Å². The molecule has 0 aliphatic rings. The Morgan fingerprint density at radius 2 is 1.96 bits per heavy atom. The number of carbonyl (C=O) groups excluding carboxylic acids is 1. The Hall–Kier alpha value is -3.01. The highest BCUT2D eigenvalue weighted by molar-refractivity contribution is 7.99. The number of nitrogens with zero attached hydrogens (tertiary/aromatic N) is 2. The Morgan fingerprint density at radius 1 is 1.18 bits per heavy atom. The maximum atomic E-state index is 13.7. The van der Waals surface area contributed by atoms with E-state index in [2.05, 4.69) is 14.9 Å². The van der Waals surface area contributed by atoms with Gasteiger partial charge in [-0.1, -0.05) is 23.9 Å². The van der Waals surface area contributed by atoms with Crippen molar-refractivity contribution in [3.8, 4) is 23.0 Å². The van der Waals surface area contributed by atoms with Crippen molar-refractivity contribution in [3.05, 3.63) is 53.8 Å². The number of Topliss-reactive ketones (excluding diaryl/α,β-unsaturated/α-hetero) is 1. The van der Waals surface area contributed by atoms with Gasteiger partial charge in [-0.3, -0.25) is 4.79 Å². The smallest absolute Gasteiger partial charge is 0.387 e. The monoisotopic (exact) mass is 410 g/mol. The second-order valence-corrected chi connectivity index (χ2v) is 6.24. The van der Waals surface area contributed by atoms with Crippen molar-refractivity contribution < 1.29 is 31.9 Å². The summed E-state index contributed by atoms with van der Waals surface area (Å²) in [6, 6.07) is 9.82. The van der Waals surface area contributed by atoms with Crippen LogP contribution in [0.4, 0.5) is 13.2 Å². The fourth-order valence-corrected chi connectivity index (χ4v) is 2.91. The first kappa shape index (κ1) is 19.7. The van der Waals surface area contributed by atoms with Crippen molar-refractivity contribution in [3.63, 3.8) is 0 Å². The number of hydrogen-bond acceptors (Lipinski definition) is 7. The van der Waals surface area contributed by atoms with E-state index in [4.69, 9.17) is 9.15 Å². The van der Waals surface area contributed by atoms with E-state index in [0.717, 1.165) is 11.8 Å². The molecule has 6 nitrogen and oxygen atoms in total. The highest BCUT2D eigenvalue weighted by Crippen LogP contribution is 2.30. The number of alkyl halides is 2. The molecule has 0 fully saturated rings. The van der Waals surface area contributed by atoms with Crippen LogP contribution in [0.25, 0.3) is 11.5 Å². The summed E-state index contributed by atoms with van der Waals surface area (Å²) in [6.45, 7) is -3.01. The van der Waals surface area contributed by atoms with Crippen molar-refractivity contribution in [2.24, 2.45) is 0 Å². The fourth-order valence-electron chi connectivity index (χ4n) is 2.26. The summed E-state index contributed by atoms with van der Waals surface area (Å²) in [5.74, 6) is -1.04. The average Bonchev–Trinajstić information content (AvgIpc) is 3.15. The van der Waals surface area contributed by atoms with E-state index in [0.29, 0.717) is 0 Å². The van der Waals surface area contributed by atoms with E-state index in [9.17, 15) is 18.0 Å². The van der Waals surface area contributed by atoms with Crippen molar-refractivity contribution in [1.29, 1.82) is 0 Å². The molecular weight excluding hydrogens is 397 g/mol. The topological polar surface area (TPSA) is 74.5 Å². The van der Waals surface area contributed by atoms with Crippen molar-refractivity contribution in [1.82, 2.24) is 10.2 Å². The second-order valence-electron chi connectivity index (χ2n) is 5.31. The Kier molecular flexibility index (Phi) is 6.19. The number of benzene rings is 2. The minimum Gasteiger partial charge on any atom is -0.493 e. The number of aromatic nitrogens is 2. The van der Waals surface area contributed by atoms with Gasteiger partial charge in [-0.25, -0.2) is 4.39 Å². The number of ketones is 1. The van der Waals surface area contributed by atoms with Crippen LogP contribution in [0.1, 0.15) is 10.4 Å². The van der Waals surface area contributed by atoms with Gasteiger partial charge >= 0.3 is 6.61 Å². The predicted octanol–water partition coefficient (Wildman–Crippen LogP) is 4.46. The molecular formula is C18H13F3N2O4S. The molecule has 2 aromatic carbocycles. The number of rotatable bonds is 8. The predicted molar refractivity (Wildman–Crippen MR) is 94.4 cm³/mol. The van der Waals surface area contributed by atoms with Crippen molar-refractivity contribution in [2.75, 3.05) is 12.9 Å². The Labute approximate surface area is 161 Å². The van der Waals surface area contributed by atoms with Gasteiger partial charge in [0.15, 0.2) is 17.3 Å². The van der Waals surface area contributed by atoms with E-state index < -0.39 is 12.4 Å². The van der Waals surface area contributed by atoms with Crippen molar-refractivity contribution >= 4 is 17.5 Å². The van der Waals surface area contributed by atoms with E-state index in [1.807, 2.05) is 0 Å². The lowest BCUT2D eigenvalue weighted by molar-refractivity contribution is -0.0512. The average molecular weight is 410 g/mol. The first-order valence-electron chi connectivity index (χ1n) is 7.85. The fraction of sp³-hybridized carbons (Fsp3) is 0.167. The second kappa shape index (κ2) is 8.79. The lowest BCUT2D eigenvalue weighted by Gasteiger charge is -2.10. The number of ether oxygens (including phenoxy) is 2. The molecule has 0 spiro atoms. The molecule has 3 aromatic rings. The van der Waals surface area contributed by atoms with Gasteiger partial charge < -0.3 is 13.9 Å². The zero-order valence-corrected chi connectivity index (χ0v) is 15.2. The molecule has 0 saturated heterocycles. The zero-order valence-electron chi connectivity index (χ0n) is 14.4. The Morgan fingerprint density at radius 3 is 2.68 bits per heavy atom. The molecule has 0 atom stereocenters. The van der Waals surface area contributed by atoms with Crippen LogP contribution in [0.15, 0.2) is 52.1 Å². The van der Waals surface area contributed by atoms with Gasteiger partial charge in [0, 0.05) is 5.56 Å². The van der Waals surface area contributed by atoms with Gasteiger partial charge in [0.25, 0.3) is 11.1 Å². The third-order valence-corrected chi connectivity index (χ3v) is 4.36. The summed E-state index contributed by atoms with van der Waals surface area (Å²) in [6.07, 6.45) is 0. The molecule has 0 unspecified atom stereocenters. The van der Waals surface area contributed by atoms with E-state index in [-0.39, 0.29) is 45.3 Å². The van der Waals surface area contributed by atoms with Gasteiger partial charge in [0.2, 0.25) is 0 Å². The minimum atomic E-state index is -3.01. The summed E-state index contributed by atoms with van der Waals surface area (Å²) in [5.41, 5.74) is 0.396. The Bertz CT molecular complexity index is 981. The maximum Gasteiger partial charge on any atom is 0.387 e. The highest BCUT2D eigenvalue weighted by atomic mass is 32.2. The number of methoxy groups -OCH3 is 1. The third-order valence-electron chi connectivity index (χ3n) is 3.54. The van der Waals surface area contributed by atoms with E-state index in [1.54, 1.807) is 6.07 Å². The van der Waals surface area contributed by atoms with Crippen LogP contribution in [-0.4, -0.2) is 35.5 Å². The summed E-state index contributed by atoms with van der Waals surface area (Å²) in [5, 5.41) is 7.64. The largest absolute Gasteiger partial charge is 0.493 e. The summed E-state index contributed by atoms with van der Waals surface area (Å²) < 4.78 is 53.1. The maximum absolute atomic E-state index is 13.7. The number of halogens is 3. The molecule has 0 amide bonds. The first-order valence-corrected chi connectivity index (χ1v) is 8.83. The quantitative estimate of drug-likeness (QED) is 0.401. The third kappa shape index (κ3) is 4.63. The lowest BCUT2D eigenvalue weighted by atomic mass is 10.1. The highest BCUT2D eigenvalue weighted by Gasteiger charge is 2.17. The molecule has 28 heavy (non-hydrogen) atoms. The van der Waals surface area contributed by atoms with Crippen LogP contribution in [0.5, 0.6) is 11.5 Å². The van der Waals surface area contributed by atoms with Gasteiger partial charge in [-0.05, 0) is 30.3 Å².